The van der Waals surface area contributed by atoms with Gasteiger partial charge in [-0.3, -0.25) is 19.2 Å². The minimum atomic E-state index is -0.597. The Balaban J connectivity index is 2.24. The molecule has 0 bridgehead atoms. The molecule has 2 N–H and O–H groups in total. The molecule has 0 aliphatic carbocycles. The molecule has 8 heteroatoms. The molecule has 1 aromatic carbocycles. The van der Waals surface area contributed by atoms with Crippen molar-refractivity contribution < 1.29 is 4.79 Å². The van der Waals surface area contributed by atoms with Crippen molar-refractivity contribution in [2.24, 2.45) is 14.1 Å². The number of aromatic nitrogens is 2. The molecule has 120 valence electrons. The third-order valence-electron chi connectivity index (χ3n) is 3.94. The summed E-state index contributed by atoms with van der Waals surface area (Å²) < 4.78 is 2.32. The van der Waals surface area contributed by atoms with Gasteiger partial charge in [0.1, 0.15) is 5.82 Å². The number of hydrogen-bond donors (Lipinski definition) is 2. The maximum atomic E-state index is 12.6. The average Bonchev–Trinajstić information content (AvgIpc) is 2.57. The maximum Gasteiger partial charge on any atom is 0.332 e. The normalized spacial score (nSPS) is 16.5. The van der Waals surface area contributed by atoms with Gasteiger partial charge >= 0.3 is 11.7 Å². The van der Waals surface area contributed by atoms with Crippen LogP contribution in [0.4, 0.5) is 10.6 Å². The van der Waals surface area contributed by atoms with Crippen molar-refractivity contribution in [3.63, 3.8) is 0 Å². The number of carbonyl (C=O) groups excluding carboxylic acids is 1. The van der Waals surface area contributed by atoms with E-state index in [-0.39, 0.29) is 5.82 Å². The van der Waals surface area contributed by atoms with Crippen molar-refractivity contribution in [1.82, 2.24) is 14.5 Å². The predicted molar refractivity (Wildman–Crippen MR) is 89.1 cm³/mol. The van der Waals surface area contributed by atoms with Gasteiger partial charge in [0.25, 0.3) is 5.56 Å². The topological polar surface area (TPSA) is 85.1 Å². The molecule has 0 saturated heterocycles. The number of amides is 2. The van der Waals surface area contributed by atoms with Gasteiger partial charge in [-0.2, -0.15) is 0 Å². The van der Waals surface area contributed by atoms with E-state index in [9.17, 15) is 14.4 Å². The summed E-state index contributed by atoms with van der Waals surface area (Å²) in [5, 5.41) is 5.31. The highest BCUT2D eigenvalue weighted by molar-refractivity contribution is 7.98. The molecule has 0 fully saturated rings. The van der Waals surface area contributed by atoms with Crippen LogP contribution >= 0.6 is 11.8 Å². The van der Waals surface area contributed by atoms with Crippen LogP contribution < -0.4 is 21.9 Å². The molecule has 0 saturated carbocycles. The summed E-state index contributed by atoms with van der Waals surface area (Å²) in [6, 6.07) is 6.56. The van der Waals surface area contributed by atoms with Crippen LogP contribution in [0.3, 0.4) is 0 Å². The van der Waals surface area contributed by atoms with Gasteiger partial charge < -0.3 is 5.32 Å². The van der Waals surface area contributed by atoms with Crippen LogP contribution in [0.25, 0.3) is 0 Å². The monoisotopic (exact) mass is 332 g/mol. The summed E-state index contributed by atoms with van der Waals surface area (Å²) in [6.07, 6.45) is 1.97. The Hall–Kier alpha value is -2.48. The molecule has 2 aromatic rings. The Bertz CT molecular complexity index is 899. The Morgan fingerprint density at radius 2 is 1.70 bits per heavy atom. The van der Waals surface area contributed by atoms with Gasteiger partial charge in [-0.05, 0) is 24.0 Å². The minimum absolute atomic E-state index is 0.237. The molecule has 3 rings (SSSR count). The van der Waals surface area contributed by atoms with E-state index in [0.717, 1.165) is 15.0 Å². The summed E-state index contributed by atoms with van der Waals surface area (Å²) in [6.45, 7) is 0. The first kappa shape index (κ1) is 15.4. The van der Waals surface area contributed by atoms with Crippen LogP contribution in [0.15, 0.2) is 38.8 Å². The van der Waals surface area contributed by atoms with E-state index >= 15 is 0 Å². The second-order valence-corrected chi connectivity index (χ2v) is 6.15. The lowest BCUT2D eigenvalue weighted by Crippen LogP contribution is -2.49. The lowest BCUT2D eigenvalue weighted by atomic mass is 9.98. The number of benzene rings is 1. The Labute approximate surface area is 136 Å². The van der Waals surface area contributed by atoms with Crippen LogP contribution in [0.1, 0.15) is 17.2 Å². The molecule has 1 aliphatic heterocycles. The second-order valence-electron chi connectivity index (χ2n) is 5.27. The van der Waals surface area contributed by atoms with E-state index in [1.807, 2.05) is 30.5 Å². The SMILES string of the molecule is CSc1ccc([C@@H]2NC(=O)Nc3c2c(=O)n(C)c(=O)n3C)cc1. The number of nitrogens with zero attached hydrogens (tertiary/aromatic N) is 2. The molecule has 2 heterocycles. The summed E-state index contributed by atoms with van der Waals surface area (Å²) in [5.74, 6) is 0.237. The van der Waals surface area contributed by atoms with Gasteiger partial charge in [-0.1, -0.05) is 12.1 Å². The standard InChI is InChI=1S/C15H16N4O3S/c1-18-12-10(13(20)19(2)15(18)22)11(16-14(21)17-12)8-4-6-9(23-3)7-5-8/h4-7,11H,1-3H3,(H2,16,17,21)/t11-/m0/s1. The van der Waals surface area contributed by atoms with Crippen LogP contribution in [-0.4, -0.2) is 21.4 Å². The zero-order chi connectivity index (χ0) is 16.7. The van der Waals surface area contributed by atoms with Crippen molar-refractivity contribution >= 4 is 23.6 Å². The highest BCUT2D eigenvalue weighted by Crippen LogP contribution is 2.29. The van der Waals surface area contributed by atoms with Crippen molar-refractivity contribution in [3.05, 3.63) is 56.2 Å². The number of nitrogens with one attached hydrogen (secondary N) is 2. The molecule has 0 radical (unpaired) electrons. The maximum absolute atomic E-state index is 12.6. The quantitative estimate of drug-likeness (QED) is 0.805. The molecule has 1 aromatic heterocycles. The van der Waals surface area contributed by atoms with Gasteiger partial charge in [-0.15, -0.1) is 11.8 Å². The number of carbonyl (C=O) groups is 1. The van der Waals surface area contributed by atoms with Crippen LogP contribution in [0.2, 0.25) is 0 Å². The summed E-state index contributed by atoms with van der Waals surface area (Å²) in [7, 11) is 2.95. The van der Waals surface area contributed by atoms with Crippen LogP contribution in [0, 0.1) is 0 Å². The highest BCUT2D eigenvalue weighted by atomic mass is 32.2. The minimum Gasteiger partial charge on any atom is -0.327 e. The molecule has 0 spiro atoms. The lowest BCUT2D eigenvalue weighted by molar-refractivity contribution is 0.248. The number of anilines is 1. The van der Waals surface area contributed by atoms with Crippen LogP contribution in [0.5, 0.6) is 0 Å². The summed E-state index contributed by atoms with van der Waals surface area (Å²) >= 11 is 1.61. The number of urea groups is 1. The van der Waals surface area contributed by atoms with Crippen molar-refractivity contribution in [2.45, 2.75) is 10.9 Å². The smallest absolute Gasteiger partial charge is 0.327 e. The largest absolute Gasteiger partial charge is 0.332 e. The number of hydrogen-bond acceptors (Lipinski definition) is 4. The van der Waals surface area contributed by atoms with E-state index in [2.05, 4.69) is 10.6 Å². The molecule has 7 nitrogen and oxygen atoms in total. The van der Waals surface area contributed by atoms with Gasteiger partial charge in [0.2, 0.25) is 0 Å². The zero-order valence-electron chi connectivity index (χ0n) is 12.9. The fourth-order valence-corrected chi connectivity index (χ4v) is 3.08. The number of rotatable bonds is 2. The van der Waals surface area contributed by atoms with Gasteiger partial charge in [-0.25, -0.2) is 9.59 Å². The van der Waals surface area contributed by atoms with E-state index in [0.29, 0.717) is 5.56 Å². The van der Waals surface area contributed by atoms with Crippen molar-refractivity contribution in [1.29, 1.82) is 0 Å². The summed E-state index contributed by atoms with van der Waals surface area (Å²) in [5.41, 5.74) is 0.239. The molecular formula is C15H16N4O3S. The first-order valence-corrected chi connectivity index (χ1v) is 8.18. The van der Waals surface area contributed by atoms with Crippen LogP contribution in [-0.2, 0) is 14.1 Å². The molecule has 1 atom stereocenters. The second kappa shape index (κ2) is 5.62. The third kappa shape index (κ3) is 2.44. The Morgan fingerprint density at radius 3 is 2.30 bits per heavy atom. The van der Waals surface area contributed by atoms with Gasteiger partial charge in [0, 0.05) is 19.0 Å². The molecule has 0 unspecified atom stereocenters. The Morgan fingerprint density at radius 1 is 1.04 bits per heavy atom. The first-order chi connectivity index (χ1) is 10.9. The summed E-state index contributed by atoms with van der Waals surface area (Å²) in [4.78, 5) is 37.6. The molecule has 1 aliphatic rings. The van der Waals surface area contributed by atoms with Crippen molar-refractivity contribution in [2.75, 3.05) is 11.6 Å². The van der Waals surface area contributed by atoms with Crippen molar-refractivity contribution in [3.8, 4) is 0 Å². The Kier molecular flexibility index (Phi) is 3.77. The fraction of sp³-hybridized carbons (Fsp3) is 0.267. The zero-order valence-corrected chi connectivity index (χ0v) is 13.7. The fourth-order valence-electron chi connectivity index (χ4n) is 2.67. The first-order valence-electron chi connectivity index (χ1n) is 6.95. The predicted octanol–water partition coefficient (Wildman–Crippen LogP) is 1.03. The molecular weight excluding hydrogens is 316 g/mol. The highest BCUT2D eigenvalue weighted by Gasteiger charge is 2.31. The molecule has 23 heavy (non-hydrogen) atoms. The average molecular weight is 332 g/mol. The van der Waals surface area contributed by atoms with Gasteiger partial charge in [0.15, 0.2) is 0 Å². The third-order valence-corrected chi connectivity index (χ3v) is 4.69. The van der Waals surface area contributed by atoms with E-state index in [4.69, 9.17) is 0 Å². The molecule has 2 amide bonds. The lowest BCUT2D eigenvalue weighted by Gasteiger charge is -2.28. The number of thioether (sulfide) groups is 1. The van der Waals surface area contributed by atoms with Gasteiger partial charge in [0.05, 0.1) is 11.6 Å². The van der Waals surface area contributed by atoms with E-state index < -0.39 is 23.3 Å². The van der Waals surface area contributed by atoms with E-state index in [1.165, 1.54) is 18.7 Å². The van der Waals surface area contributed by atoms with E-state index in [1.54, 1.807) is 11.8 Å². The number of fused-ring (bicyclic) bond motifs is 1.